The van der Waals surface area contributed by atoms with Crippen molar-refractivity contribution in [2.75, 3.05) is 0 Å². The van der Waals surface area contributed by atoms with Crippen LogP contribution in [0.4, 0.5) is 0 Å². The Morgan fingerprint density at radius 1 is 0.955 bits per heavy atom. The molecule has 0 radical (unpaired) electrons. The summed E-state index contributed by atoms with van der Waals surface area (Å²) in [7, 11) is 0. The fourth-order valence-electron chi connectivity index (χ4n) is 2.58. The zero-order chi connectivity index (χ0) is 15.1. The Hall–Kier alpha value is -3.14. The molecule has 4 aromatic rings. The van der Waals surface area contributed by atoms with Gasteiger partial charge in [0.2, 0.25) is 5.89 Å². The molecular weight excluding hydrogens is 278 g/mol. The summed E-state index contributed by atoms with van der Waals surface area (Å²) in [5, 5.41) is 11.4. The number of benzene rings is 3. The second kappa shape index (κ2) is 4.70. The monoisotopic (exact) mass is 289 g/mol. The fraction of sp³-hybridized carbons (Fsp3) is 0. The SMILES string of the molecule is O=C(O)c1ccccc1-c1nc2cc3ccccc3cc2o1. The molecule has 0 aliphatic heterocycles. The number of carbonyl (C=O) groups is 1. The maximum Gasteiger partial charge on any atom is 0.336 e. The molecule has 0 fully saturated rings. The van der Waals surface area contributed by atoms with Crippen molar-refractivity contribution in [3.8, 4) is 11.5 Å². The van der Waals surface area contributed by atoms with Crippen molar-refractivity contribution in [3.05, 3.63) is 66.2 Å². The predicted molar refractivity (Wildman–Crippen MR) is 83.9 cm³/mol. The summed E-state index contributed by atoms with van der Waals surface area (Å²) < 4.78 is 5.78. The molecule has 0 saturated carbocycles. The van der Waals surface area contributed by atoms with E-state index in [0.29, 0.717) is 22.6 Å². The minimum atomic E-state index is -0.997. The zero-order valence-corrected chi connectivity index (χ0v) is 11.5. The highest BCUT2D eigenvalue weighted by Crippen LogP contribution is 2.29. The minimum Gasteiger partial charge on any atom is -0.478 e. The number of nitrogens with zero attached hydrogens (tertiary/aromatic N) is 1. The summed E-state index contributed by atoms with van der Waals surface area (Å²) in [4.78, 5) is 15.8. The highest BCUT2D eigenvalue weighted by atomic mass is 16.4. The van der Waals surface area contributed by atoms with E-state index in [1.54, 1.807) is 24.3 Å². The van der Waals surface area contributed by atoms with Gasteiger partial charge in [-0.1, -0.05) is 36.4 Å². The summed E-state index contributed by atoms with van der Waals surface area (Å²) in [5.41, 5.74) is 2.02. The number of carboxylic acid groups (broad SMARTS) is 1. The number of rotatable bonds is 2. The smallest absolute Gasteiger partial charge is 0.336 e. The second-order valence-corrected chi connectivity index (χ2v) is 5.04. The fourth-order valence-corrected chi connectivity index (χ4v) is 2.58. The molecule has 4 heteroatoms. The van der Waals surface area contributed by atoms with Gasteiger partial charge < -0.3 is 9.52 Å². The molecule has 106 valence electrons. The quantitative estimate of drug-likeness (QED) is 0.596. The van der Waals surface area contributed by atoms with E-state index in [9.17, 15) is 9.90 Å². The number of fused-ring (bicyclic) bond motifs is 2. The van der Waals surface area contributed by atoms with Crippen LogP contribution in [0, 0.1) is 0 Å². The van der Waals surface area contributed by atoms with E-state index in [1.165, 1.54) is 0 Å². The standard InChI is InChI=1S/C18H11NO3/c20-18(21)14-8-4-3-7-13(14)17-19-15-9-11-5-1-2-6-12(11)10-16(15)22-17/h1-10H,(H,20,21). The first-order valence-electron chi connectivity index (χ1n) is 6.84. The largest absolute Gasteiger partial charge is 0.478 e. The average molecular weight is 289 g/mol. The molecule has 3 aromatic carbocycles. The van der Waals surface area contributed by atoms with Crippen LogP contribution >= 0.6 is 0 Å². The Bertz CT molecular complexity index is 965. The highest BCUT2D eigenvalue weighted by molar-refractivity contribution is 5.97. The van der Waals surface area contributed by atoms with Crippen molar-refractivity contribution in [3.63, 3.8) is 0 Å². The third kappa shape index (κ3) is 1.93. The van der Waals surface area contributed by atoms with Gasteiger partial charge >= 0.3 is 5.97 Å². The molecule has 0 atom stereocenters. The van der Waals surface area contributed by atoms with Gasteiger partial charge in [0.1, 0.15) is 5.52 Å². The van der Waals surface area contributed by atoms with E-state index in [4.69, 9.17) is 4.42 Å². The van der Waals surface area contributed by atoms with E-state index < -0.39 is 5.97 Å². The Balaban J connectivity index is 1.97. The van der Waals surface area contributed by atoms with Crippen LogP contribution in [0.1, 0.15) is 10.4 Å². The van der Waals surface area contributed by atoms with E-state index in [0.717, 1.165) is 10.8 Å². The lowest BCUT2D eigenvalue weighted by Gasteiger charge is -2.00. The summed E-state index contributed by atoms with van der Waals surface area (Å²) in [6.07, 6.45) is 0. The van der Waals surface area contributed by atoms with Gasteiger partial charge in [-0.3, -0.25) is 0 Å². The molecule has 0 saturated heterocycles. The summed E-state index contributed by atoms with van der Waals surface area (Å²) in [5.74, 6) is -0.675. The van der Waals surface area contributed by atoms with Gasteiger partial charge in [0.15, 0.2) is 5.58 Å². The van der Waals surface area contributed by atoms with Gasteiger partial charge in [-0.25, -0.2) is 9.78 Å². The molecule has 1 aromatic heterocycles. The van der Waals surface area contributed by atoms with Crippen LogP contribution in [-0.4, -0.2) is 16.1 Å². The molecule has 22 heavy (non-hydrogen) atoms. The first-order valence-corrected chi connectivity index (χ1v) is 6.84. The van der Waals surface area contributed by atoms with Crippen molar-refractivity contribution in [1.82, 2.24) is 4.98 Å². The van der Waals surface area contributed by atoms with Crippen molar-refractivity contribution in [2.24, 2.45) is 0 Å². The van der Waals surface area contributed by atoms with Crippen molar-refractivity contribution >= 4 is 27.8 Å². The van der Waals surface area contributed by atoms with Crippen molar-refractivity contribution in [2.45, 2.75) is 0 Å². The van der Waals surface area contributed by atoms with Crippen LogP contribution in [0.2, 0.25) is 0 Å². The van der Waals surface area contributed by atoms with Gasteiger partial charge in [0.25, 0.3) is 0 Å². The molecule has 0 bridgehead atoms. The van der Waals surface area contributed by atoms with Gasteiger partial charge in [0.05, 0.1) is 11.1 Å². The second-order valence-electron chi connectivity index (χ2n) is 5.04. The number of oxazole rings is 1. The van der Waals surface area contributed by atoms with Crippen LogP contribution in [0.25, 0.3) is 33.3 Å². The third-order valence-electron chi connectivity index (χ3n) is 3.64. The average Bonchev–Trinajstić information content (AvgIpc) is 2.95. The number of aromatic nitrogens is 1. The number of carboxylic acids is 1. The first kappa shape index (κ1) is 12.6. The van der Waals surface area contributed by atoms with Crippen molar-refractivity contribution in [1.29, 1.82) is 0 Å². The molecule has 4 nitrogen and oxygen atoms in total. The topological polar surface area (TPSA) is 63.3 Å². The minimum absolute atomic E-state index is 0.179. The summed E-state index contributed by atoms with van der Waals surface area (Å²) in [6, 6.07) is 18.5. The summed E-state index contributed by atoms with van der Waals surface area (Å²) in [6.45, 7) is 0. The molecule has 0 amide bonds. The normalized spacial score (nSPS) is 11.1. The van der Waals surface area contributed by atoms with Gasteiger partial charge in [0, 0.05) is 0 Å². The van der Waals surface area contributed by atoms with Gasteiger partial charge in [-0.15, -0.1) is 0 Å². The van der Waals surface area contributed by atoms with E-state index >= 15 is 0 Å². The van der Waals surface area contributed by atoms with Crippen LogP contribution in [0.3, 0.4) is 0 Å². The molecule has 0 unspecified atom stereocenters. The van der Waals surface area contributed by atoms with Crippen LogP contribution in [-0.2, 0) is 0 Å². The van der Waals surface area contributed by atoms with E-state index in [1.807, 2.05) is 36.4 Å². The lowest BCUT2D eigenvalue weighted by Crippen LogP contribution is -1.98. The Kier molecular flexibility index (Phi) is 2.69. The molecule has 4 rings (SSSR count). The lowest BCUT2D eigenvalue weighted by molar-refractivity contribution is 0.0697. The van der Waals surface area contributed by atoms with Crippen LogP contribution < -0.4 is 0 Å². The molecule has 0 spiro atoms. The van der Waals surface area contributed by atoms with Gasteiger partial charge in [-0.2, -0.15) is 0 Å². The van der Waals surface area contributed by atoms with Crippen LogP contribution in [0.5, 0.6) is 0 Å². The Morgan fingerprint density at radius 3 is 2.41 bits per heavy atom. The van der Waals surface area contributed by atoms with Crippen molar-refractivity contribution < 1.29 is 14.3 Å². The molecule has 1 heterocycles. The lowest BCUT2D eigenvalue weighted by atomic mass is 10.1. The molecule has 1 N–H and O–H groups in total. The van der Waals surface area contributed by atoms with Crippen LogP contribution in [0.15, 0.2) is 65.1 Å². The number of aromatic carboxylic acids is 1. The Labute approximate surface area is 125 Å². The predicted octanol–water partition coefficient (Wildman–Crippen LogP) is 4.35. The first-order chi connectivity index (χ1) is 10.7. The molecule has 0 aliphatic carbocycles. The highest BCUT2D eigenvalue weighted by Gasteiger charge is 2.16. The number of hydrogen-bond donors (Lipinski definition) is 1. The molecule has 0 aliphatic rings. The van der Waals surface area contributed by atoms with Gasteiger partial charge in [-0.05, 0) is 35.0 Å². The maximum absolute atomic E-state index is 11.3. The maximum atomic E-state index is 11.3. The van der Waals surface area contributed by atoms with E-state index in [2.05, 4.69) is 4.98 Å². The number of hydrogen-bond acceptors (Lipinski definition) is 3. The van der Waals surface area contributed by atoms with E-state index in [-0.39, 0.29) is 5.56 Å². The zero-order valence-electron chi connectivity index (χ0n) is 11.5. The Morgan fingerprint density at radius 2 is 1.64 bits per heavy atom. The molecular formula is C18H11NO3. The third-order valence-corrected chi connectivity index (χ3v) is 3.64. The summed E-state index contributed by atoms with van der Waals surface area (Å²) >= 11 is 0.